The highest BCUT2D eigenvalue weighted by Crippen LogP contribution is 2.35. The fraction of sp³-hybridized carbons (Fsp3) is 0.500. The third kappa shape index (κ3) is 4.90. The summed E-state index contributed by atoms with van der Waals surface area (Å²) in [7, 11) is 0. The normalized spacial score (nSPS) is 10.8. The van der Waals surface area contributed by atoms with Crippen LogP contribution in [0.2, 0.25) is 5.02 Å². The topological polar surface area (TPSA) is 70.0 Å². The van der Waals surface area contributed by atoms with Gasteiger partial charge in [-0.05, 0) is 37.6 Å². The van der Waals surface area contributed by atoms with Crippen LogP contribution < -0.4 is 4.74 Å². The number of benzene rings is 1. The van der Waals surface area contributed by atoms with Crippen LogP contribution in [0.15, 0.2) is 12.1 Å². The smallest absolute Gasteiger partial charge is 0.317 e. The number of carbonyl (C=O) groups is 1. The van der Waals surface area contributed by atoms with Crippen molar-refractivity contribution < 1.29 is 19.7 Å². The van der Waals surface area contributed by atoms with Gasteiger partial charge in [0.15, 0.2) is 11.5 Å². The maximum Gasteiger partial charge on any atom is 0.317 e. The first-order valence-corrected chi connectivity index (χ1v) is 6.94. The molecule has 0 bridgehead atoms. The van der Waals surface area contributed by atoms with Crippen molar-refractivity contribution in [3.05, 3.63) is 22.7 Å². The minimum absolute atomic E-state index is 0.0314. The molecule has 1 aromatic carbocycles. The van der Waals surface area contributed by atoms with E-state index >= 15 is 0 Å². The van der Waals surface area contributed by atoms with E-state index in [4.69, 9.17) is 21.4 Å². The fourth-order valence-electron chi connectivity index (χ4n) is 1.96. The minimum Gasteiger partial charge on any atom is -0.503 e. The molecule has 0 spiro atoms. The molecule has 0 fully saturated rings. The number of hydrogen-bond acceptors (Lipinski definition) is 4. The lowest BCUT2D eigenvalue weighted by atomic mass is 10.1. The van der Waals surface area contributed by atoms with Gasteiger partial charge in [0.1, 0.15) is 0 Å². The van der Waals surface area contributed by atoms with Crippen molar-refractivity contribution in [2.24, 2.45) is 0 Å². The number of carboxylic acids is 1. The van der Waals surface area contributed by atoms with E-state index in [1.807, 2.05) is 13.8 Å². The van der Waals surface area contributed by atoms with Crippen LogP contribution in [-0.4, -0.2) is 40.8 Å². The summed E-state index contributed by atoms with van der Waals surface area (Å²) in [6.07, 6.45) is 0.859. The second kappa shape index (κ2) is 7.97. The zero-order valence-corrected chi connectivity index (χ0v) is 12.5. The lowest BCUT2D eigenvalue weighted by Gasteiger charge is -2.20. The lowest BCUT2D eigenvalue weighted by molar-refractivity contribution is -0.138. The average molecular weight is 302 g/mol. The Bertz CT molecular complexity index is 465. The molecule has 0 heterocycles. The van der Waals surface area contributed by atoms with Crippen LogP contribution in [0.3, 0.4) is 0 Å². The SMILES string of the molecule is CCCN(CC(=O)O)Cc1cc(Cl)c(O)c(OCC)c1. The van der Waals surface area contributed by atoms with Gasteiger partial charge < -0.3 is 14.9 Å². The molecule has 0 aromatic heterocycles. The summed E-state index contributed by atoms with van der Waals surface area (Å²) >= 11 is 5.96. The maximum atomic E-state index is 10.8. The number of aliphatic carboxylic acids is 1. The molecular weight excluding hydrogens is 282 g/mol. The van der Waals surface area contributed by atoms with Gasteiger partial charge in [-0.25, -0.2) is 0 Å². The summed E-state index contributed by atoms with van der Waals surface area (Å²) in [5, 5.41) is 18.9. The molecule has 112 valence electrons. The summed E-state index contributed by atoms with van der Waals surface area (Å²) in [4.78, 5) is 12.6. The molecule has 0 atom stereocenters. The van der Waals surface area contributed by atoms with Crippen molar-refractivity contribution >= 4 is 17.6 Å². The first-order chi connectivity index (χ1) is 9.47. The van der Waals surface area contributed by atoms with Crippen molar-refractivity contribution in [2.75, 3.05) is 19.7 Å². The summed E-state index contributed by atoms with van der Waals surface area (Å²) in [5.74, 6) is -0.632. The minimum atomic E-state index is -0.867. The number of ether oxygens (including phenoxy) is 1. The van der Waals surface area contributed by atoms with Gasteiger partial charge in [0.25, 0.3) is 0 Å². The Labute approximate surface area is 123 Å². The van der Waals surface area contributed by atoms with Crippen molar-refractivity contribution in [2.45, 2.75) is 26.8 Å². The largest absolute Gasteiger partial charge is 0.503 e. The number of carboxylic acid groups (broad SMARTS) is 1. The summed E-state index contributed by atoms with van der Waals surface area (Å²) in [5.41, 5.74) is 0.811. The fourth-order valence-corrected chi connectivity index (χ4v) is 2.20. The quantitative estimate of drug-likeness (QED) is 0.772. The zero-order valence-electron chi connectivity index (χ0n) is 11.7. The van der Waals surface area contributed by atoms with E-state index in [0.717, 1.165) is 12.0 Å². The summed E-state index contributed by atoms with van der Waals surface area (Å²) in [6, 6.07) is 3.32. The molecule has 1 aromatic rings. The molecule has 20 heavy (non-hydrogen) atoms. The summed E-state index contributed by atoms with van der Waals surface area (Å²) < 4.78 is 5.31. The van der Waals surface area contributed by atoms with Crippen LogP contribution in [0.25, 0.3) is 0 Å². The van der Waals surface area contributed by atoms with Crippen molar-refractivity contribution in [3.8, 4) is 11.5 Å². The maximum absolute atomic E-state index is 10.8. The molecule has 0 amide bonds. The van der Waals surface area contributed by atoms with E-state index in [1.54, 1.807) is 17.0 Å². The van der Waals surface area contributed by atoms with Gasteiger partial charge in [0.2, 0.25) is 0 Å². The van der Waals surface area contributed by atoms with Crippen molar-refractivity contribution in [1.82, 2.24) is 4.90 Å². The van der Waals surface area contributed by atoms with Gasteiger partial charge in [0, 0.05) is 6.54 Å². The molecule has 0 saturated heterocycles. The highest BCUT2D eigenvalue weighted by molar-refractivity contribution is 6.32. The molecule has 0 aliphatic rings. The predicted molar refractivity (Wildman–Crippen MR) is 77.5 cm³/mol. The van der Waals surface area contributed by atoms with Crippen molar-refractivity contribution in [3.63, 3.8) is 0 Å². The number of aromatic hydroxyl groups is 1. The molecule has 1 rings (SSSR count). The highest BCUT2D eigenvalue weighted by atomic mass is 35.5. The monoisotopic (exact) mass is 301 g/mol. The standard InChI is InChI=1S/C14H20ClNO4/c1-3-5-16(9-13(17)18)8-10-6-11(15)14(19)12(7-10)20-4-2/h6-7,19H,3-5,8-9H2,1-2H3,(H,17,18). The number of hydrogen-bond donors (Lipinski definition) is 2. The number of phenolic OH excluding ortho intramolecular Hbond substituents is 1. The van der Waals surface area contributed by atoms with Crippen molar-refractivity contribution in [1.29, 1.82) is 0 Å². The van der Waals surface area contributed by atoms with Crippen LogP contribution in [-0.2, 0) is 11.3 Å². The molecule has 0 unspecified atom stereocenters. The molecule has 5 nitrogen and oxygen atoms in total. The van der Waals surface area contributed by atoms with Gasteiger partial charge in [-0.3, -0.25) is 9.69 Å². The Balaban J connectivity index is 2.91. The summed E-state index contributed by atoms with van der Waals surface area (Å²) in [6.45, 7) is 5.31. The van der Waals surface area contributed by atoms with Gasteiger partial charge in [0.05, 0.1) is 18.2 Å². The highest BCUT2D eigenvalue weighted by Gasteiger charge is 2.14. The number of halogens is 1. The Morgan fingerprint density at radius 2 is 2.10 bits per heavy atom. The van der Waals surface area contributed by atoms with Crippen LogP contribution in [0, 0.1) is 0 Å². The van der Waals surface area contributed by atoms with E-state index < -0.39 is 5.97 Å². The Morgan fingerprint density at radius 3 is 2.65 bits per heavy atom. The Hall–Kier alpha value is -1.46. The predicted octanol–water partition coefficient (Wildman–Crippen LogP) is 2.74. The first kappa shape index (κ1) is 16.6. The Morgan fingerprint density at radius 1 is 1.40 bits per heavy atom. The number of phenols is 1. The Kier molecular flexibility index (Phi) is 6.61. The first-order valence-electron chi connectivity index (χ1n) is 6.56. The third-order valence-electron chi connectivity index (χ3n) is 2.69. The molecule has 0 radical (unpaired) electrons. The van der Waals surface area contributed by atoms with Gasteiger partial charge in [-0.15, -0.1) is 0 Å². The van der Waals surface area contributed by atoms with E-state index in [2.05, 4.69) is 0 Å². The van der Waals surface area contributed by atoms with E-state index in [-0.39, 0.29) is 17.3 Å². The van der Waals surface area contributed by atoms with E-state index in [9.17, 15) is 9.90 Å². The second-order valence-electron chi connectivity index (χ2n) is 4.46. The molecular formula is C14H20ClNO4. The van der Waals surface area contributed by atoms with Gasteiger partial charge in [-0.1, -0.05) is 18.5 Å². The number of nitrogens with zero attached hydrogens (tertiary/aromatic N) is 1. The molecule has 2 N–H and O–H groups in total. The third-order valence-corrected chi connectivity index (χ3v) is 2.98. The van der Waals surface area contributed by atoms with Crippen LogP contribution in [0.1, 0.15) is 25.8 Å². The molecule has 0 aliphatic heterocycles. The number of rotatable bonds is 8. The zero-order chi connectivity index (χ0) is 15.1. The molecule has 0 saturated carbocycles. The van der Waals surface area contributed by atoms with Gasteiger partial charge >= 0.3 is 5.97 Å². The second-order valence-corrected chi connectivity index (χ2v) is 4.87. The van der Waals surface area contributed by atoms with E-state index in [0.29, 0.717) is 25.4 Å². The molecule has 6 heteroatoms. The van der Waals surface area contributed by atoms with Crippen LogP contribution >= 0.6 is 11.6 Å². The average Bonchev–Trinajstić information content (AvgIpc) is 2.35. The van der Waals surface area contributed by atoms with Crippen LogP contribution in [0.4, 0.5) is 0 Å². The molecule has 0 aliphatic carbocycles. The van der Waals surface area contributed by atoms with Crippen LogP contribution in [0.5, 0.6) is 11.5 Å². The lowest BCUT2D eigenvalue weighted by Crippen LogP contribution is -2.30. The van der Waals surface area contributed by atoms with E-state index in [1.165, 1.54) is 0 Å². The van der Waals surface area contributed by atoms with Gasteiger partial charge in [-0.2, -0.15) is 0 Å².